The fraction of sp³-hybridized carbons (Fsp3) is 0. The number of benzene rings is 17. The van der Waals surface area contributed by atoms with Crippen LogP contribution in [-0.4, -0.2) is 18.3 Å². The Morgan fingerprint density at radius 3 is 0.418 bits per heavy atom. The number of fused-ring (bicyclic) bond motifs is 12. The number of nitrogens with zero attached hydrogens (tertiary/aromatic N) is 6. The minimum atomic E-state index is 0.214. The summed E-state index contributed by atoms with van der Waals surface area (Å²) < 4.78 is 9.54. The molecule has 4 heterocycles. The van der Waals surface area contributed by atoms with Crippen LogP contribution < -0.4 is 0 Å². The molecule has 21 rings (SSSR count). The summed E-state index contributed by atoms with van der Waals surface area (Å²) in [5, 5.41) is 34.4. The van der Waals surface area contributed by atoms with Crippen LogP contribution in [0.2, 0.25) is 0 Å². The lowest BCUT2D eigenvalue weighted by Gasteiger charge is -2.28. The highest BCUT2D eigenvalue weighted by Gasteiger charge is 2.36. The molecule has 0 spiro atoms. The zero-order valence-corrected chi connectivity index (χ0v) is 59.6. The molecular formula is C104H64N6. The highest BCUT2D eigenvalue weighted by atomic mass is 15.1. The molecule has 0 bridgehead atoms. The van der Waals surface area contributed by atoms with Gasteiger partial charge in [-0.15, -0.1) is 0 Å². The molecule has 6 heteroatoms. The Morgan fingerprint density at radius 1 is 0.145 bits per heavy atom. The van der Waals surface area contributed by atoms with E-state index in [1.54, 1.807) is 0 Å². The van der Waals surface area contributed by atoms with E-state index in [1.807, 2.05) is 0 Å². The third kappa shape index (κ3) is 10.2. The van der Waals surface area contributed by atoms with E-state index in [0.717, 1.165) is 176 Å². The molecule has 0 N–H and O–H groups in total. The van der Waals surface area contributed by atoms with Gasteiger partial charge in [-0.3, -0.25) is 0 Å². The zero-order valence-electron chi connectivity index (χ0n) is 59.6. The molecule has 0 unspecified atom stereocenters. The van der Waals surface area contributed by atoms with Gasteiger partial charge in [-0.25, -0.2) is 0 Å². The molecule has 4 aromatic heterocycles. The van der Waals surface area contributed by atoms with E-state index in [0.29, 0.717) is 22.7 Å². The summed E-state index contributed by atoms with van der Waals surface area (Å²) in [5.74, 6) is 0. The maximum Gasteiger partial charge on any atom is 0.103 e. The monoisotopic (exact) mass is 1400 g/mol. The van der Waals surface area contributed by atoms with Crippen molar-refractivity contribution in [3.8, 4) is 124 Å². The van der Waals surface area contributed by atoms with Crippen molar-refractivity contribution in [3.05, 3.63) is 399 Å². The Kier molecular flexibility index (Phi) is 14.9. The largest absolute Gasteiger partial charge is 0.306 e. The first-order valence-electron chi connectivity index (χ1n) is 37.3. The standard InChI is InChI=1S/C104H64N6/c105-65-91-92(66-106)102(108-95-51-43-77(69-29-13-3-14-30-69)59-85(95)86-60-78(44-52-96(86)108)70-31-15-4-16-32-70)104(110-99-55-47-81(73-37-21-7-22-38-73)63-89(99)90-64-82(48-56-100(90)110)74-39-23-8-24-40-74)103(109-97-53-45-79(71-33-17-5-18-34-71)61-87(97)88-62-80(46-54-98(88)109)72-35-19-6-20-36-72)101(91)107-93-49-41-75(67-25-9-1-10-26-67)57-83(93)84-58-76(42-50-94(84)107)68-27-11-2-12-28-68/h1-64H. The van der Waals surface area contributed by atoms with E-state index < -0.39 is 0 Å². The minimum Gasteiger partial charge on any atom is -0.306 e. The normalized spacial score (nSPS) is 11.6. The molecule has 21 aromatic rings. The first-order chi connectivity index (χ1) is 54.5. The van der Waals surface area contributed by atoms with Crippen LogP contribution in [0.5, 0.6) is 0 Å². The van der Waals surface area contributed by atoms with Crippen LogP contribution in [0.3, 0.4) is 0 Å². The van der Waals surface area contributed by atoms with E-state index in [2.05, 4.69) is 419 Å². The van der Waals surface area contributed by atoms with Crippen LogP contribution in [-0.2, 0) is 0 Å². The molecule has 0 atom stereocenters. The summed E-state index contributed by atoms with van der Waals surface area (Å²) >= 11 is 0. The summed E-state index contributed by atoms with van der Waals surface area (Å²) in [7, 11) is 0. The second-order valence-corrected chi connectivity index (χ2v) is 28.5. The fourth-order valence-electron chi connectivity index (χ4n) is 17.3. The molecule has 110 heavy (non-hydrogen) atoms. The van der Waals surface area contributed by atoms with E-state index >= 15 is 0 Å². The number of nitriles is 2. The van der Waals surface area contributed by atoms with Crippen LogP contribution in [0.15, 0.2) is 388 Å². The molecule has 0 saturated carbocycles. The van der Waals surface area contributed by atoms with Gasteiger partial charge in [-0.1, -0.05) is 291 Å². The van der Waals surface area contributed by atoms with Crippen LogP contribution >= 0.6 is 0 Å². The molecule has 0 saturated heterocycles. The van der Waals surface area contributed by atoms with Crippen LogP contribution in [0, 0.1) is 22.7 Å². The predicted molar refractivity (Wildman–Crippen MR) is 457 cm³/mol. The zero-order chi connectivity index (χ0) is 72.9. The van der Waals surface area contributed by atoms with Gasteiger partial charge in [0.05, 0.1) is 78.0 Å². The Balaban J connectivity index is 1.02. The smallest absolute Gasteiger partial charge is 0.103 e. The molecule has 0 radical (unpaired) electrons. The second kappa shape index (κ2) is 25.9. The van der Waals surface area contributed by atoms with Crippen LogP contribution in [0.4, 0.5) is 0 Å². The Hall–Kier alpha value is -15.1. The van der Waals surface area contributed by atoms with E-state index in [1.165, 1.54) is 0 Å². The first-order valence-corrected chi connectivity index (χ1v) is 37.3. The Labute approximate surface area is 635 Å². The Bertz CT molecular complexity index is 6520. The molecule has 0 fully saturated rings. The molecule has 510 valence electrons. The molecule has 6 nitrogen and oxygen atoms in total. The topological polar surface area (TPSA) is 67.3 Å². The summed E-state index contributed by atoms with van der Waals surface area (Å²) in [6.45, 7) is 0. The molecule has 0 aliphatic carbocycles. The second-order valence-electron chi connectivity index (χ2n) is 28.5. The minimum absolute atomic E-state index is 0.214. The summed E-state index contributed by atoms with van der Waals surface area (Å²) in [6.07, 6.45) is 0. The van der Waals surface area contributed by atoms with Crippen LogP contribution in [0.25, 0.3) is 199 Å². The van der Waals surface area contributed by atoms with Crippen molar-refractivity contribution in [3.63, 3.8) is 0 Å². The lowest BCUT2D eigenvalue weighted by atomic mass is 9.98. The molecule has 0 aliphatic rings. The lowest BCUT2D eigenvalue weighted by Crippen LogP contribution is -2.17. The van der Waals surface area contributed by atoms with Gasteiger partial charge in [0.1, 0.15) is 12.1 Å². The van der Waals surface area contributed by atoms with Gasteiger partial charge in [0.25, 0.3) is 0 Å². The van der Waals surface area contributed by atoms with Crippen molar-refractivity contribution in [2.45, 2.75) is 0 Å². The SMILES string of the molecule is N#Cc1c(C#N)c(-n2c3ccc(-c4ccccc4)cc3c3cc(-c4ccccc4)ccc32)c(-n2c3ccc(-c4ccccc4)cc3c3cc(-c4ccccc4)ccc32)c(-n2c3ccc(-c4ccccc4)cc3c3cc(-c4ccccc4)ccc32)c1-n1c2ccc(-c3ccccc3)cc2c2cc(-c3ccccc3)ccc21. The van der Waals surface area contributed by atoms with Gasteiger partial charge < -0.3 is 18.3 Å². The third-order valence-electron chi connectivity index (χ3n) is 22.4. The van der Waals surface area contributed by atoms with Crippen molar-refractivity contribution in [2.75, 3.05) is 0 Å². The van der Waals surface area contributed by atoms with Gasteiger partial charge in [0, 0.05) is 43.1 Å². The van der Waals surface area contributed by atoms with E-state index in [4.69, 9.17) is 0 Å². The van der Waals surface area contributed by atoms with Crippen molar-refractivity contribution < 1.29 is 0 Å². The predicted octanol–water partition coefficient (Wildman–Crippen LogP) is 27.2. The maximum atomic E-state index is 13.2. The maximum absolute atomic E-state index is 13.2. The summed E-state index contributed by atoms with van der Waals surface area (Å²) in [6, 6.07) is 145. The average molecular weight is 1400 g/mol. The number of hydrogen-bond acceptors (Lipinski definition) is 2. The van der Waals surface area contributed by atoms with Gasteiger partial charge >= 0.3 is 0 Å². The summed E-state index contributed by atoms with van der Waals surface area (Å²) in [5.41, 5.74) is 27.2. The van der Waals surface area contributed by atoms with Crippen LogP contribution in [0.1, 0.15) is 11.1 Å². The summed E-state index contributed by atoms with van der Waals surface area (Å²) in [4.78, 5) is 0. The van der Waals surface area contributed by atoms with Gasteiger partial charge in [-0.05, 0) is 186 Å². The van der Waals surface area contributed by atoms with E-state index in [9.17, 15) is 10.5 Å². The highest BCUT2D eigenvalue weighted by Crippen LogP contribution is 2.52. The number of aromatic nitrogens is 4. The third-order valence-corrected chi connectivity index (χ3v) is 22.4. The average Bonchev–Trinajstić information content (AvgIpc) is 1.49. The molecule has 0 amide bonds. The van der Waals surface area contributed by atoms with Gasteiger partial charge in [0.2, 0.25) is 0 Å². The quantitative estimate of drug-likeness (QED) is 0.122. The number of rotatable bonds is 12. The van der Waals surface area contributed by atoms with Crippen molar-refractivity contribution in [1.29, 1.82) is 10.5 Å². The fourth-order valence-corrected chi connectivity index (χ4v) is 17.3. The van der Waals surface area contributed by atoms with E-state index in [-0.39, 0.29) is 11.1 Å². The van der Waals surface area contributed by atoms with Crippen molar-refractivity contribution >= 4 is 87.2 Å². The molecular weight excluding hydrogens is 1330 g/mol. The van der Waals surface area contributed by atoms with Crippen molar-refractivity contribution in [2.24, 2.45) is 0 Å². The van der Waals surface area contributed by atoms with Gasteiger partial charge in [-0.2, -0.15) is 10.5 Å². The van der Waals surface area contributed by atoms with Gasteiger partial charge in [0.15, 0.2) is 0 Å². The molecule has 17 aromatic carbocycles. The number of hydrogen-bond donors (Lipinski definition) is 0. The Morgan fingerprint density at radius 2 is 0.282 bits per heavy atom. The molecule has 0 aliphatic heterocycles. The highest BCUT2D eigenvalue weighted by molar-refractivity contribution is 6.19. The first kappa shape index (κ1) is 63.4. The lowest BCUT2D eigenvalue weighted by molar-refractivity contribution is 1.01. The van der Waals surface area contributed by atoms with Crippen molar-refractivity contribution in [1.82, 2.24) is 18.3 Å².